The smallest absolute Gasteiger partial charge is 0.423 e. The van der Waals surface area contributed by atoms with Crippen LogP contribution in [-0.2, 0) is 29.5 Å². The maximum Gasteiger partial charge on any atom is 0.475 e. The topological polar surface area (TPSA) is 174 Å². The molecule has 4 aromatic rings. The van der Waals surface area contributed by atoms with E-state index in [1.54, 1.807) is 24.3 Å². The van der Waals surface area contributed by atoms with Crippen LogP contribution in [0.4, 0.5) is 5.82 Å². The highest BCUT2D eigenvalue weighted by molar-refractivity contribution is 7.48. The largest absolute Gasteiger partial charge is 0.475 e. The molecule has 0 amide bonds. The van der Waals surface area contributed by atoms with Gasteiger partial charge in [-0.1, -0.05) is 18.2 Å². The quantitative estimate of drug-likeness (QED) is 0.314. The van der Waals surface area contributed by atoms with Crippen molar-refractivity contribution >= 4 is 35.8 Å². The minimum atomic E-state index is -4.08. The van der Waals surface area contributed by atoms with Crippen LogP contribution >= 0.6 is 7.82 Å². The fourth-order valence-electron chi connectivity index (χ4n) is 4.13. The summed E-state index contributed by atoms with van der Waals surface area (Å²) in [5.41, 5.74) is 6.81. The van der Waals surface area contributed by atoms with Crippen molar-refractivity contribution < 1.29 is 32.4 Å². The highest BCUT2D eigenvalue weighted by atomic mass is 31.2. The van der Waals surface area contributed by atoms with Gasteiger partial charge in [0.2, 0.25) is 0 Å². The second-order valence-electron chi connectivity index (χ2n) is 7.81. The van der Waals surface area contributed by atoms with Gasteiger partial charge >= 0.3 is 13.4 Å². The molecule has 2 saturated heterocycles. The molecule has 0 aliphatic carbocycles. The number of aliphatic hydroxyl groups is 1. The third kappa shape index (κ3) is 3.50. The Kier molecular flexibility index (Phi) is 4.99. The molecular formula is C20H18N5O8P. The summed E-state index contributed by atoms with van der Waals surface area (Å²) >= 11 is 0. The summed E-state index contributed by atoms with van der Waals surface area (Å²) in [5.74, 6) is 0.189. The van der Waals surface area contributed by atoms with Crippen molar-refractivity contribution in [2.24, 2.45) is 0 Å². The first-order valence-corrected chi connectivity index (χ1v) is 11.7. The number of benzene rings is 1. The van der Waals surface area contributed by atoms with Crippen LogP contribution in [0.5, 0.6) is 0 Å². The molecule has 3 N–H and O–H groups in total. The first kappa shape index (κ1) is 21.4. The SMILES string of the molecule is Nc1ncnc2c1ncn2[C@@H]1O[C@@H]2COP(=O)(OCc3cc(=O)oc4ccccc34)O[C@H]2[C@H]1O. The molecule has 0 radical (unpaired) electrons. The summed E-state index contributed by atoms with van der Waals surface area (Å²) in [6.45, 7) is -0.375. The lowest BCUT2D eigenvalue weighted by molar-refractivity contribution is -0.0714. The summed E-state index contributed by atoms with van der Waals surface area (Å²) in [5, 5.41) is 11.5. The van der Waals surface area contributed by atoms with Crippen LogP contribution in [0, 0.1) is 0 Å². The van der Waals surface area contributed by atoms with Gasteiger partial charge in [0.15, 0.2) is 17.7 Å². The molecule has 0 bridgehead atoms. The average molecular weight is 487 g/mol. The van der Waals surface area contributed by atoms with Gasteiger partial charge in [0.25, 0.3) is 0 Å². The molecule has 5 heterocycles. The van der Waals surface area contributed by atoms with Gasteiger partial charge in [-0.3, -0.25) is 18.1 Å². The molecule has 176 valence electrons. The number of aliphatic hydroxyl groups excluding tert-OH is 1. The zero-order valence-electron chi connectivity index (χ0n) is 17.4. The second kappa shape index (κ2) is 7.94. The number of rotatable bonds is 4. The molecular weight excluding hydrogens is 469 g/mol. The van der Waals surface area contributed by atoms with E-state index in [0.29, 0.717) is 27.7 Å². The number of hydrogen-bond donors (Lipinski definition) is 2. The van der Waals surface area contributed by atoms with E-state index < -0.39 is 38.0 Å². The zero-order chi connectivity index (χ0) is 23.4. The summed E-state index contributed by atoms with van der Waals surface area (Å²) in [4.78, 5) is 24.1. The molecule has 5 atom stereocenters. The maximum atomic E-state index is 13.2. The molecule has 34 heavy (non-hydrogen) atoms. The first-order valence-electron chi connectivity index (χ1n) is 10.3. The van der Waals surface area contributed by atoms with Crippen LogP contribution in [0.3, 0.4) is 0 Å². The van der Waals surface area contributed by atoms with Gasteiger partial charge in [-0.25, -0.2) is 24.3 Å². The van der Waals surface area contributed by atoms with Gasteiger partial charge in [-0.15, -0.1) is 0 Å². The molecule has 13 nitrogen and oxygen atoms in total. The van der Waals surface area contributed by atoms with E-state index in [9.17, 15) is 14.5 Å². The Bertz CT molecular complexity index is 1510. The van der Waals surface area contributed by atoms with Gasteiger partial charge in [0.1, 0.15) is 35.7 Å². The van der Waals surface area contributed by atoms with Gasteiger partial charge in [0.05, 0.1) is 19.5 Å². The van der Waals surface area contributed by atoms with E-state index >= 15 is 0 Å². The van der Waals surface area contributed by atoms with E-state index in [-0.39, 0.29) is 19.0 Å². The van der Waals surface area contributed by atoms with Gasteiger partial charge in [-0.05, 0) is 11.6 Å². The van der Waals surface area contributed by atoms with Crippen LogP contribution in [-0.4, -0.2) is 49.5 Å². The average Bonchev–Trinajstić information content (AvgIpc) is 3.39. The van der Waals surface area contributed by atoms with Crippen LogP contribution in [0.15, 0.2) is 52.2 Å². The Morgan fingerprint density at radius 3 is 3.00 bits per heavy atom. The standard InChI is InChI=1S/C20H18N5O8P/c21-18-15-19(23-8-22-18)25(9-24-15)20-16(27)17-13(32-20)7-30-34(28,33-17)29-6-10-5-14(26)31-12-4-2-1-3-11(10)12/h1-5,8-9,13,16-17,20,27H,6-7H2,(H2,21,22,23)/t13-,16-,17-,20-,34?/m1/s1. The van der Waals surface area contributed by atoms with E-state index in [4.69, 9.17) is 28.5 Å². The summed E-state index contributed by atoms with van der Waals surface area (Å²) in [7, 11) is -4.08. The minimum Gasteiger partial charge on any atom is -0.423 e. The highest BCUT2D eigenvalue weighted by Gasteiger charge is 2.53. The van der Waals surface area contributed by atoms with Crippen molar-refractivity contribution in [3.63, 3.8) is 0 Å². The number of anilines is 1. The number of imidazole rings is 1. The fourth-order valence-corrected chi connectivity index (χ4v) is 5.51. The summed E-state index contributed by atoms with van der Waals surface area (Å²) < 4.78 is 42.2. The number of aromatic nitrogens is 4. The lowest BCUT2D eigenvalue weighted by Gasteiger charge is -2.30. The molecule has 0 spiro atoms. The maximum absolute atomic E-state index is 13.2. The number of ether oxygens (including phenoxy) is 1. The Hall–Kier alpha value is -3.19. The molecule has 14 heteroatoms. The molecule has 2 fully saturated rings. The highest BCUT2D eigenvalue weighted by Crippen LogP contribution is 2.57. The molecule has 2 aliphatic rings. The monoisotopic (exact) mass is 487 g/mol. The summed E-state index contributed by atoms with van der Waals surface area (Å²) in [6.07, 6.45) is -1.19. The van der Waals surface area contributed by atoms with Gasteiger partial charge in [-0.2, -0.15) is 0 Å². The zero-order valence-corrected chi connectivity index (χ0v) is 18.3. The van der Waals surface area contributed by atoms with E-state index in [1.807, 2.05) is 0 Å². The van der Waals surface area contributed by atoms with Gasteiger partial charge < -0.3 is 20.0 Å². The summed E-state index contributed by atoms with van der Waals surface area (Å²) in [6, 6.07) is 8.15. The predicted octanol–water partition coefficient (Wildman–Crippen LogP) is 1.51. The van der Waals surface area contributed by atoms with E-state index in [0.717, 1.165) is 0 Å². The number of phosphoric ester groups is 1. The molecule has 3 aromatic heterocycles. The first-order chi connectivity index (χ1) is 16.4. The molecule has 1 aromatic carbocycles. The van der Waals surface area contributed by atoms with E-state index in [2.05, 4.69) is 15.0 Å². The van der Waals surface area contributed by atoms with Crippen LogP contribution in [0.1, 0.15) is 11.8 Å². The Balaban J connectivity index is 1.22. The fraction of sp³-hybridized carbons (Fsp3) is 0.300. The minimum absolute atomic E-state index is 0.142. The Labute approximate surface area is 190 Å². The van der Waals surface area contributed by atoms with Crippen LogP contribution in [0.25, 0.3) is 22.1 Å². The van der Waals surface area contributed by atoms with Crippen molar-refractivity contribution in [3.05, 3.63) is 59.0 Å². The van der Waals surface area contributed by atoms with Crippen LogP contribution < -0.4 is 11.4 Å². The van der Waals surface area contributed by atoms with E-state index in [1.165, 1.54) is 23.3 Å². The Morgan fingerprint density at radius 1 is 1.26 bits per heavy atom. The molecule has 1 unspecified atom stereocenters. The lowest BCUT2D eigenvalue weighted by atomic mass is 10.1. The van der Waals surface area contributed by atoms with Crippen molar-refractivity contribution in [2.75, 3.05) is 12.3 Å². The number of hydrogen-bond acceptors (Lipinski definition) is 12. The van der Waals surface area contributed by atoms with Gasteiger partial charge in [0, 0.05) is 11.5 Å². The normalized spacial score (nSPS) is 29.0. The molecule has 6 rings (SSSR count). The number of phosphoric acid groups is 1. The molecule has 0 saturated carbocycles. The Morgan fingerprint density at radius 2 is 2.12 bits per heavy atom. The number of nitrogens with two attached hydrogens (primary N) is 1. The van der Waals surface area contributed by atoms with Crippen molar-refractivity contribution in [1.29, 1.82) is 0 Å². The number of para-hydroxylation sites is 1. The number of nitrogens with zero attached hydrogens (tertiary/aromatic N) is 4. The van der Waals surface area contributed by atoms with Crippen LogP contribution in [0.2, 0.25) is 0 Å². The third-order valence-corrected chi connectivity index (χ3v) is 7.14. The van der Waals surface area contributed by atoms with Crippen molar-refractivity contribution in [2.45, 2.75) is 31.1 Å². The van der Waals surface area contributed by atoms with Crippen molar-refractivity contribution in [1.82, 2.24) is 19.5 Å². The number of nitrogen functional groups attached to an aromatic ring is 1. The van der Waals surface area contributed by atoms with Crippen molar-refractivity contribution in [3.8, 4) is 0 Å². The second-order valence-corrected chi connectivity index (χ2v) is 9.43. The lowest BCUT2D eigenvalue weighted by Crippen LogP contribution is -2.39. The molecule has 2 aliphatic heterocycles. The third-order valence-electron chi connectivity index (χ3n) is 5.73. The number of fused-ring (bicyclic) bond motifs is 3. The predicted molar refractivity (Wildman–Crippen MR) is 115 cm³/mol.